The van der Waals surface area contributed by atoms with Crippen LogP contribution in [0.2, 0.25) is 0 Å². The van der Waals surface area contributed by atoms with E-state index in [1.54, 1.807) is 6.92 Å². The number of likely N-dealkylation sites (tertiary alicyclic amines) is 1. The molecule has 2 saturated heterocycles. The quantitative estimate of drug-likeness (QED) is 0.863. The van der Waals surface area contributed by atoms with E-state index in [4.69, 9.17) is 5.73 Å². The molecule has 2 N–H and O–H groups in total. The topological polar surface area (TPSA) is 83.7 Å². The average Bonchev–Trinajstić information content (AvgIpc) is 3.03. The predicted octanol–water partition coefficient (Wildman–Crippen LogP) is 1.00. The maximum absolute atomic E-state index is 12.9. The van der Waals surface area contributed by atoms with Gasteiger partial charge < -0.3 is 10.6 Å². The number of benzene rings is 1. The van der Waals surface area contributed by atoms with E-state index in [0.29, 0.717) is 26.2 Å². The molecule has 0 aliphatic carbocycles. The Balaban J connectivity index is 1.67. The first kappa shape index (κ1) is 18.4. The van der Waals surface area contributed by atoms with Crippen LogP contribution in [0, 0.1) is 5.92 Å². The summed E-state index contributed by atoms with van der Waals surface area (Å²) in [6, 6.07) is 9.97. The molecular weight excluding hydrogens is 338 g/mol. The molecule has 0 bridgehead atoms. The second-order valence-corrected chi connectivity index (χ2v) is 9.28. The van der Waals surface area contributed by atoms with Gasteiger partial charge >= 0.3 is 0 Å². The molecule has 0 aromatic heterocycles. The first-order valence-electron chi connectivity index (χ1n) is 8.99. The lowest BCUT2D eigenvalue weighted by atomic mass is 9.95. The summed E-state index contributed by atoms with van der Waals surface area (Å²) in [5.41, 5.74) is 7.44. The maximum atomic E-state index is 12.9. The molecule has 6 nitrogen and oxygen atoms in total. The summed E-state index contributed by atoms with van der Waals surface area (Å²) >= 11 is 0. The van der Waals surface area contributed by atoms with Crippen molar-refractivity contribution in [1.29, 1.82) is 0 Å². The lowest BCUT2D eigenvalue weighted by Gasteiger charge is -2.33. The van der Waals surface area contributed by atoms with Crippen molar-refractivity contribution in [1.82, 2.24) is 9.21 Å². The first-order chi connectivity index (χ1) is 11.9. The van der Waals surface area contributed by atoms with E-state index in [-0.39, 0.29) is 29.5 Å². The van der Waals surface area contributed by atoms with Gasteiger partial charge in [-0.2, -0.15) is 0 Å². The molecule has 3 rings (SSSR count). The number of carbonyl (C=O) groups excluding carboxylic acids is 1. The molecule has 3 atom stereocenters. The van der Waals surface area contributed by atoms with Crippen LogP contribution in [0.25, 0.3) is 0 Å². The molecule has 138 valence electrons. The van der Waals surface area contributed by atoms with Gasteiger partial charge in [0.15, 0.2) is 0 Å². The van der Waals surface area contributed by atoms with E-state index in [1.807, 2.05) is 23.1 Å². The second-order valence-electron chi connectivity index (χ2n) is 7.02. The summed E-state index contributed by atoms with van der Waals surface area (Å²) < 4.78 is 25.7. The van der Waals surface area contributed by atoms with Crippen LogP contribution in [-0.2, 0) is 14.8 Å². The van der Waals surface area contributed by atoms with Crippen molar-refractivity contribution in [2.24, 2.45) is 11.7 Å². The van der Waals surface area contributed by atoms with E-state index in [1.165, 1.54) is 4.31 Å². The fourth-order valence-corrected chi connectivity index (χ4v) is 5.08. The van der Waals surface area contributed by atoms with Gasteiger partial charge in [0.2, 0.25) is 15.9 Å². The van der Waals surface area contributed by atoms with Gasteiger partial charge in [0.05, 0.1) is 11.7 Å². The second kappa shape index (κ2) is 7.43. The van der Waals surface area contributed by atoms with Gasteiger partial charge in [0, 0.05) is 38.1 Å². The fourth-order valence-electron chi connectivity index (χ4n) is 3.90. The van der Waals surface area contributed by atoms with Crippen molar-refractivity contribution in [3.63, 3.8) is 0 Å². The van der Waals surface area contributed by atoms with Gasteiger partial charge in [0.1, 0.15) is 0 Å². The van der Waals surface area contributed by atoms with Gasteiger partial charge in [-0.05, 0) is 25.3 Å². The first-order valence-corrected chi connectivity index (χ1v) is 10.6. The molecule has 2 fully saturated rings. The minimum atomic E-state index is -3.24. The summed E-state index contributed by atoms with van der Waals surface area (Å²) in [7, 11) is -3.24. The Labute approximate surface area is 150 Å². The van der Waals surface area contributed by atoms with E-state index in [9.17, 15) is 13.2 Å². The van der Waals surface area contributed by atoms with Crippen LogP contribution >= 0.6 is 0 Å². The zero-order valence-corrected chi connectivity index (χ0v) is 15.5. The lowest BCUT2D eigenvalue weighted by molar-refractivity contribution is -0.135. The fraction of sp³-hybridized carbons (Fsp3) is 0.611. The number of sulfonamides is 1. The number of nitrogens with zero attached hydrogens (tertiary/aromatic N) is 2. The molecular formula is C18H27N3O3S. The summed E-state index contributed by atoms with van der Waals surface area (Å²) in [6.45, 7) is 3.62. The molecule has 1 aromatic carbocycles. The number of piperidine rings is 1. The third kappa shape index (κ3) is 3.88. The average molecular weight is 365 g/mol. The normalized spacial score (nSPS) is 28.2. The Kier molecular flexibility index (Phi) is 5.46. The molecule has 2 heterocycles. The van der Waals surface area contributed by atoms with Gasteiger partial charge in [-0.1, -0.05) is 30.3 Å². The summed E-state index contributed by atoms with van der Waals surface area (Å²) in [6.07, 6.45) is 1.48. The molecule has 2 aliphatic rings. The predicted molar refractivity (Wildman–Crippen MR) is 97.5 cm³/mol. The molecule has 0 saturated carbocycles. The number of hydrogen-bond donors (Lipinski definition) is 1. The third-order valence-corrected chi connectivity index (χ3v) is 7.24. The van der Waals surface area contributed by atoms with Crippen molar-refractivity contribution >= 4 is 15.9 Å². The molecule has 1 aromatic rings. The molecule has 1 unspecified atom stereocenters. The molecule has 0 spiro atoms. The van der Waals surface area contributed by atoms with Crippen molar-refractivity contribution in [2.45, 2.75) is 31.7 Å². The Hall–Kier alpha value is -1.44. The van der Waals surface area contributed by atoms with Crippen LogP contribution in [0.15, 0.2) is 30.3 Å². The van der Waals surface area contributed by atoms with E-state index in [0.717, 1.165) is 18.4 Å². The number of nitrogens with two attached hydrogens (primary N) is 1. The maximum Gasteiger partial charge on any atom is 0.227 e. The zero-order chi connectivity index (χ0) is 18.0. The highest BCUT2D eigenvalue weighted by molar-refractivity contribution is 7.89. The van der Waals surface area contributed by atoms with Crippen LogP contribution in [-0.4, -0.2) is 61.5 Å². The van der Waals surface area contributed by atoms with E-state index in [2.05, 4.69) is 12.1 Å². The van der Waals surface area contributed by atoms with Crippen molar-refractivity contribution in [2.75, 3.05) is 31.9 Å². The highest BCUT2D eigenvalue weighted by Crippen LogP contribution is 2.29. The van der Waals surface area contributed by atoms with Crippen molar-refractivity contribution in [3.05, 3.63) is 35.9 Å². The minimum absolute atomic E-state index is 0.0462. The van der Waals surface area contributed by atoms with E-state index < -0.39 is 10.0 Å². The van der Waals surface area contributed by atoms with Gasteiger partial charge in [-0.15, -0.1) is 0 Å². The SMILES string of the molecule is CCS(=O)(=O)N1CCCC(C(=O)N2C[C@@H](N)[C@H](c3ccccc3)C2)C1. The summed E-state index contributed by atoms with van der Waals surface area (Å²) in [5, 5.41) is 0. The van der Waals surface area contributed by atoms with Crippen molar-refractivity contribution in [3.8, 4) is 0 Å². The van der Waals surface area contributed by atoms with Gasteiger partial charge in [0.25, 0.3) is 0 Å². The minimum Gasteiger partial charge on any atom is -0.340 e. The molecule has 2 aliphatic heterocycles. The number of carbonyl (C=O) groups is 1. The number of rotatable bonds is 4. The Morgan fingerprint density at radius 3 is 2.60 bits per heavy atom. The van der Waals surface area contributed by atoms with E-state index >= 15 is 0 Å². The smallest absolute Gasteiger partial charge is 0.227 e. The summed E-state index contributed by atoms with van der Waals surface area (Å²) in [4.78, 5) is 14.8. The van der Waals surface area contributed by atoms with Gasteiger partial charge in [-0.25, -0.2) is 12.7 Å². The zero-order valence-electron chi connectivity index (χ0n) is 14.7. The summed E-state index contributed by atoms with van der Waals surface area (Å²) in [5.74, 6) is 0.0179. The van der Waals surface area contributed by atoms with Crippen LogP contribution < -0.4 is 5.73 Å². The third-order valence-electron chi connectivity index (χ3n) is 5.40. The number of hydrogen-bond acceptors (Lipinski definition) is 4. The molecule has 7 heteroatoms. The molecule has 25 heavy (non-hydrogen) atoms. The monoisotopic (exact) mass is 365 g/mol. The van der Waals surface area contributed by atoms with Crippen molar-refractivity contribution < 1.29 is 13.2 Å². The van der Waals surface area contributed by atoms with Crippen LogP contribution in [0.3, 0.4) is 0 Å². The number of amides is 1. The molecule has 1 amide bonds. The van der Waals surface area contributed by atoms with Crippen LogP contribution in [0.1, 0.15) is 31.2 Å². The lowest BCUT2D eigenvalue weighted by Crippen LogP contribution is -2.47. The molecule has 0 radical (unpaired) electrons. The standard InChI is InChI=1S/C18H27N3O3S/c1-2-25(23,24)21-10-6-9-15(11-21)18(22)20-12-16(17(19)13-20)14-7-4-3-5-8-14/h3-5,7-8,15-17H,2,6,9-13,19H2,1H3/t15?,16-,17+/m0/s1. The largest absolute Gasteiger partial charge is 0.340 e. The van der Waals surface area contributed by atoms with Gasteiger partial charge in [-0.3, -0.25) is 4.79 Å². The highest BCUT2D eigenvalue weighted by Gasteiger charge is 2.39. The van der Waals surface area contributed by atoms with Crippen LogP contribution in [0.4, 0.5) is 0 Å². The Bertz CT molecular complexity index is 708. The Morgan fingerprint density at radius 1 is 1.20 bits per heavy atom. The van der Waals surface area contributed by atoms with Crippen LogP contribution in [0.5, 0.6) is 0 Å². The highest BCUT2D eigenvalue weighted by atomic mass is 32.2. The Morgan fingerprint density at radius 2 is 1.92 bits per heavy atom.